The summed E-state index contributed by atoms with van der Waals surface area (Å²) in [4.78, 5) is 26.0. The Kier molecular flexibility index (Phi) is 6.51. The minimum absolute atomic E-state index is 0.136. The van der Waals surface area contributed by atoms with Gasteiger partial charge in [-0.25, -0.2) is 0 Å². The summed E-state index contributed by atoms with van der Waals surface area (Å²) < 4.78 is 5.26. The van der Waals surface area contributed by atoms with Gasteiger partial charge in [-0.2, -0.15) is 0 Å². The van der Waals surface area contributed by atoms with Gasteiger partial charge in [-0.1, -0.05) is 23.2 Å². The minimum Gasteiger partial charge on any atom is -0.495 e. The van der Waals surface area contributed by atoms with E-state index in [0.29, 0.717) is 27.2 Å². The van der Waals surface area contributed by atoms with Gasteiger partial charge >= 0.3 is 0 Å². The van der Waals surface area contributed by atoms with Crippen molar-refractivity contribution in [1.82, 2.24) is 0 Å². The Hall–Kier alpha value is -2.24. The standard InChI is InChI=1S/C19H20Cl2N2O3/c1-11-8-16(18(26-4)9-15(11)21)22-19(25)10-23(13(3)24)17-6-5-14(20)7-12(17)2/h5-9H,10H2,1-4H3,(H,22,25). The second-order valence-electron chi connectivity index (χ2n) is 5.89. The lowest BCUT2D eigenvalue weighted by Crippen LogP contribution is -2.37. The first-order valence-electron chi connectivity index (χ1n) is 7.91. The molecule has 0 saturated carbocycles. The summed E-state index contributed by atoms with van der Waals surface area (Å²) in [5, 5.41) is 3.89. The van der Waals surface area contributed by atoms with Gasteiger partial charge in [0.2, 0.25) is 11.8 Å². The zero-order valence-electron chi connectivity index (χ0n) is 15.0. The summed E-state index contributed by atoms with van der Waals surface area (Å²) in [6.45, 7) is 4.94. The number of methoxy groups -OCH3 is 1. The maximum absolute atomic E-state index is 12.5. The summed E-state index contributed by atoms with van der Waals surface area (Å²) in [7, 11) is 1.50. The van der Waals surface area contributed by atoms with Crippen molar-refractivity contribution >= 4 is 46.4 Å². The highest BCUT2D eigenvalue weighted by Gasteiger charge is 2.19. The molecule has 0 aliphatic heterocycles. The molecule has 1 N–H and O–H groups in total. The first-order valence-corrected chi connectivity index (χ1v) is 8.66. The van der Waals surface area contributed by atoms with Gasteiger partial charge in [-0.15, -0.1) is 0 Å². The van der Waals surface area contributed by atoms with Gasteiger partial charge in [0.25, 0.3) is 0 Å². The van der Waals surface area contributed by atoms with Crippen LogP contribution in [0, 0.1) is 13.8 Å². The van der Waals surface area contributed by atoms with Crippen molar-refractivity contribution in [2.24, 2.45) is 0 Å². The Morgan fingerprint density at radius 1 is 1.12 bits per heavy atom. The van der Waals surface area contributed by atoms with E-state index in [-0.39, 0.29) is 18.4 Å². The molecule has 0 saturated heterocycles. The highest BCUT2D eigenvalue weighted by Crippen LogP contribution is 2.31. The fraction of sp³-hybridized carbons (Fsp3) is 0.263. The second kappa shape index (κ2) is 8.43. The Bertz CT molecular complexity index is 853. The van der Waals surface area contributed by atoms with Crippen LogP contribution in [0.4, 0.5) is 11.4 Å². The molecule has 2 aromatic rings. The van der Waals surface area contributed by atoms with Gasteiger partial charge in [0.15, 0.2) is 0 Å². The van der Waals surface area contributed by atoms with E-state index in [9.17, 15) is 9.59 Å². The lowest BCUT2D eigenvalue weighted by molar-refractivity contribution is -0.120. The van der Waals surface area contributed by atoms with Crippen LogP contribution in [0.1, 0.15) is 18.1 Å². The molecular weight excluding hydrogens is 375 g/mol. The summed E-state index contributed by atoms with van der Waals surface area (Å²) in [5.41, 5.74) is 2.74. The third-order valence-corrected chi connectivity index (χ3v) is 4.53. The molecule has 0 aliphatic carbocycles. The molecule has 7 heteroatoms. The molecule has 2 amide bonds. The van der Waals surface area contributed by atoms with Crippen molar-refractivity contribution in [3.8, 4) is 5.75 Å². The Labute approximate surface area is 162 Å². The van der Waals surface area contributed by atoms with E-state index in [1.54, 1.807) is 30.3 Å². The molecule has 2 rings (SSSR count). The van der Waals surface area contributed by atoms with Crippen LogP contribution < -0.4 is 15.0 Å². The summed E-state index contributed by atoms with van der Waals surface area (Å²) in [5.74, 6) is -0.148. The van der Waals surface area contributed by atoms with E-state index in [2.05, 4.69) is 5.32 Å². The topological polar surface area (TPSA) is 58.6 Å². The molecule has 0 spiro atoms. The lowest BCUT2D eigenvalue weighted by Gasteiger charge is -2.23. The average Bonchev–Trinajstić information content (AvgIpc) is 2.56. The number of anilines is 2. The van der Waals surface area contributed by atoms with Crippen molar-refractivity contribution < 1.29 is 14.3 Å². The van der Waals surface area contributed by atoms with Crippen LogP contribution in [0.15, 0.2) is 30.3 Å². The van der Waals surface area contributed by atoms with Crippen LogP contribution in [0.2, 0.25) is 10.0 Å². The van der Waals surface area contributed by atoms with Crippen LogP contribution in [0.25, 0.3) is 0 Å². The number of halogens is 2. The van der Waals surface area contributed by atoms with E-state index in [4.69, 9.17) is 27.9 Å². The maximum Gasteiger partial charge on any atom is 0.244 e. The largest absolute Gasteiger partial charge is 0.495 e. The van der Waals surface area contributed by atoms with Crippen LogP contribution in [-0.2, 0) is 9.59 Å². The van der Waals surface area contributed by atoms with E-state index in [1.807, 2.05) is 13.8 Å². The highest BCUT2D eigenvalue weighted by atomic mass is 35.5. The first kappa shape index (κ1) is 20.1. The minimum atomic E-state index is -0.352. The van der Waals surface area contributed by atoms with Crippen molar-refractivity contribution in [1.29, 1.82) is 0 Å². The quantitative estimate of drug-likeness (QED) is 0.805. The normalized spacial score (nSPS) is 10.4. The number of nitrogens with zero attached hydrogens (tertiary/aromatic N) is 1. The molecule has 0 unspecified atom stereocenters. The molecule has 0 fully saturated rings. The smallest absolute Gasteiger partial charge is 0.244 e. The zero-order valence-corrected chi connectivity index (χ0v) is 16.5. The number of ether oxygens (including phenoxy) is 1. The first-order chi connectivity index (χ1) is 12.2. The van der Waals surface area contributed by atoms with Crippen LogP contribution in [0.5, 0.6) is 5.75 Å². The van der Waals surface area contributed by atoms with E-state index in [0.717, 1.165) is 11.1 Å². The number of benzene rings is 2. The third-order valence-electron chi connectivity index (χ3n) is 3.89. The van der Waals surface area contributed by atoms with Gasteiger partial charge in [-0.05, 0) is 49.2 Å². The molecule has 0 radical (unpaired) electrons. The fourth-order valence-corrected chi connectivity index (χ4v) is 2.93. The molecule has 2 aromatic carbocycles. The average molecular weight is 395 g/mol. The number of hydrogen-bond acceptors (Lipinski definition) is 3. The van der Waals surface area contributed by atoms with Gasteiger partial charge < -0.3 is 15.0 Å². The van der Waals surface area contributed by atoms with Crippen molar-refractivity contribution in [3.05, 3.63) is 51.5 Å². The summed E-state index contributed by atoms with van der Waals surface area (Å²) in [6.07, 6.45) is 0. The van der Waals surface area contributed by atoms with E-state index >= 15 is 0 Å². The fourth-order valence-electron chi connectivity index (χ4n) is 2.55. The number of aryl methyl sites for hydroxylation is 2. The SMILES string of the molecule is COc1cc(Cl)c(C)cc1NC(=O)CN(C(C)=O)c1ccc(Cl)cc1C. The number of amides is 2. The Morgan fingerprint density at radius 3 is 2.38 bits per heavy atom. The number of carbonyl (C=O) groups is 2. The second-order valence-corrected chi connectivity index (χ2v) is 6.73. The van der Waals surface area contributed by atoms with Crippen molar-refractivity contribution in [3.63, 3.8) is 0 Å². The predicted octanol–water partition coefficient (Wildman–Crippen LogP) is 4.61. The molecule has 0 atom stereocenters. The van der Waals surface area contributed by atoms with Crippen molar-refractivity contribution in [2.75, 3.05) is 23.9 Å². The van der Waals surface area contributed by atoms with Crippen LogP contribution >= 0.6 is 23.2 Å². The third kappa shape index (κ3) is 4.68. The molecule has 0 aromatic heterocycles. The van der Waals surface area contributed by atoms with Gasteiger partial charge in [-0.3, -0.25) is 9.59 Å². The van der Waals surface area contributed by atoms with E-state index in [1.165, 1.54) is 18.9 Å². The predicted molar refractivity (Wildman–Crippen MR) is 106 cm³/mol. The molecule has 5 nitrogen and oxygen atoms in total. The Morgan fingerprint density at radius 2 is 1.81 bits per heavy atom. The monoisotopic (exact) mass is 394 g/mol. The molecule has 26 heavy (non-hydrogen) atoms. The molecular formula is C19H20Cl2N2O3. The number of rotatable bonds is 5. The number of nitrogens with one attached hydrogen (secondary N) is 1. The molecule has 0 aliphatic rings. The van der Waals surface area contributed by atoms with Crippen LogP contribution in [-0.4, -0.2) is 25.5 Å². The summed E-state index contributed by atoms with van der Waals surface area (Å²) in [6, 6.07) is 8.52. The maximum atomic E-state index is 12.5. The van der Waals surface area contributed by atoms with Gasteiger partial charge in [0.05, 0.1) is 12.8 Å². The highest BCUT2D eigenvalue weighted by molar-refractivity contribution is 6.31. The van der Waals surface area contributed by atoms with Gasteiger partial charge in [0, 0.05) is 28.7 Å². The van der Waals surface area contributed by atoms with Crippen LogP contribution in [0.3, 0.4) is 0 Å². The van der Waals surface area contributed by atoms with Gasteiger partial charge in [0.1, 0.15) is 12.3 Å². The molecule has 0 heterocycles. The zero-order chi connectivity index (χ0) is 19.4. The lowest BCUT2D eigenvalue weighted by atomic mass is 10.1. The number of hydrogen-bond donors (Lipinski definition) is 1. The van der Waals surface area contributed by atoms with Crippen molar-refractivity contribution in [2.45, 2.75) is 20.8 Å². The summed E-state index contributed by atoms with van der Waals surface area (Å²) >= 11 is 12.0. The molecule has 138 valence electrons. The number of carbonyl (C=O) groups excluding carboxylic acids is 2. The van der Waals surface area contributed by atoms with E-state index < -0.39 is 0 Å². The Balaban J connectivity index is 2.24. The molecule has 0 bridgehead atoms.